The molecule has 0 bridgehead atoms. The van der Waals surface area contributed by atoms with E-state index >= 15 is 0 Å². The molecule has 0 spiro atoms. The van der Waals surface area contributed by atoms with Crippen molar-refractivity contribution in [3.63, 3.8) is 0 Å². The first kappa shape index (κ1) is 13.7. The number of rotatable bonds is 6. The van der Waals surface area contributed by atoms with Crippen LogP contribution >= 0.6 is 0 Å². The van der Waals surface area contributed by atoms with Gasteiger partial charge in [-0.15, -0.1) is 0 Å². The van der Waals surface area contributed by atoms with Crippen molar-refractivity contribution in [1.29, 1.82) is 0 Å². The Kier molecular flexibility index (Phi) is 5.70. The number of hydrogen-bond donors (Lipinski definition) is 2. The highest BCUT2D eigenvalue weighted by atomic mass is 16.1. The Hall–Kier alpha value is -1.35. The zero-order valence-corrected chi connectivity index (χ0v) is 11.0. The lowest BCUT2D eigenvalue weighted by Crippen LogP contribution is -2.34. The molecule has 0 aromatic heterocycles. The minimum Gasteiger partial charge on any atom is -0.355 e. The van der Waals surface area contributed by atoms with Crippen LogP contribution in [0.5, 0.6) is 0 Å². The molecule has 1 aromatic rings. The molecule has 0 saturated carbocycles. The van der Waals surface area contributed by atoms with Crippen LogP contribution in [0.1, 0.15) is 30.0 Å². The lowest BCUT2D eigenvalue weighted by atomic mass is 10.0. The fourth-order valence-electron chi connectivity index (χ4n) is 1.64. The second-order valence-corrected chi connectivity index (χ2v) is 4.31. The lowest BCUT2D eigenvalue weighted by Gasteiger charge is -2.09. The molecule has 2 N–H and O–H groups in total. The summed E-state index contributed by atoms with van der Waals surface area (Å²) in [6.07, 6.45) is 0.975. The third-order valence-corrected chi connectivity index (χ3v) is 2.89. The van der Waals surface area contributed by atoms with E-state index in [-0.39, 0.29) is 5.91 Å². The van der Waals surface area contributed by atoms with E-state index in [1.54, 1.807) is 0 Å². The van der Waals surface area contributed by atoms with Gasteiger partial charge in [-0.3, -0.25) is 4.79 Å². The number of carbonyl (C=O) groups excluding carboxylic acids is 1. The molecule has 3 heteroatoms. The molecule has 17 heavy (non-hydrogen) atoms. The first-order valence-corrected chi connectivity index (χ1v) is 6.17. The minimum absolute atomic E-state index is 0.0668. The summed E-state index contributed by atoms with van der Waals surface area (Å²) < 4.78 is 0. The minimum atomic E-state index is 0.0668. The van der Waals surface area contributed by atoms with Gasteiger partial charge in [0.2, 0.25) is 5.91 Å². The largest absolute Gasteiger partial charge is 0.355 e. The van der Waals surface area contributed by atoms with Gasteiger partial charge in [-0.25, -0.2) is 0 Å². The van der Waals surface area contributed by atoms with Crippen LogP contribution < -0.4 is 10.6 Å². The van der Waals surface area contributed by atoms with Crippen LogP contribution in [0.2, 0.25) is 0 Å². The monoisotopic (exact) mass is 234 g/mol. The van der Waals surface area contributed by atoms with E-state index in [2.05, 4.69) is 42.7 Å². The molecule has 1 amide bonds. The third-order valence-electron chi connectivity index (χ3n) is 2.89. The van der Waals surface area contributed by atoms with Crippen LogP contribution in [0.25, 0.3) is 0 Å². The van der Waals surface area contributed by atoms with Crippen molar-refractivity contribution >= 4 is 5.91 Å². The molecular weight excluding hydrogens is 212 g/mol. The highest BCUT2D eigenvalue weighted by molar-refractivity contribution is 5.77. The van der Waals surface area contributed by atoms with Crippen LogP contribution in [0.4, 0.5) is 0 Å². The van der Waals surface area contributed by atoms with Crippen LogP contribution in [0.3, 0.4) is 0 Å². The standard InChI is InChI=1S/C14H22N2O/c1-4-8-16-14(17)10-15-9-13-7-5-6-11(2)12(13)3/h5-7,15H,4,8-10H2,1-3H3,(H,16,17). The maximum absolute atomic E-state index is 11.4. The average Bonchev–Trinajstić information content (AvgIpc) is 2.32. The normalized spacial score (nSPS) is 10.3. The molecule has 0 aliphatic carbocycles. The highest BCUT2D eigenvalue weighted by Crippen LogP contribution is 2.11. The molecular formula is C14H22N2O. The van der Waals surface area contributed by atoms with Crippen molar-refractivity contribution < 1.29 is 4.79 Å². The van der Waals surface area contributed by atoms with Crippen molar-refractivity contribution in [3.05, 3.63) is 34.9 Å². The molecule has 0 unspecified atom stereocenters. The molecule has 94 valence electrons. The second kappa shape index (κ2) is 7.07. The van der Waals surface area contributed by atoms with Gasteiger partial charge in [-0.2, -0.15) is 0 Å². The molecule has 0 saturated heterocycles. The van der Waals surface area contributed by atoms with E-state index in [0.717, 1.165) is 19.5 Å². The highest BCUT2D eigenvalue weighted by Gasteiger charge is 2.02. The SMILES string of the molecule is CCCNC(=O)CNCc1cccc(C)c1C. The molecule has 0 fully saturated rings. The smallest absolute Gasteiger partial charge is 0.233 e. The van der Waals surface area contributed by atoms with Gasteiger partial charge < -0.3 is 10.6 Å². The topological polar surface area (TPSA) is 41.1 Å². The molecule has 3 nitrogen and oxygen atoms in total. The first-order chi connectivity index (χ1) is 8.15. The van der Waals surface area contributed by atoms with Gasteiger partial charge in [-0.05, 0) is 37.0 Å². The van der Waals surface area contributed by atoms with Crippen molar-refractivity contribution in [2.24, 2.45) is 0 Å². The van der Waals surface area contributed by atoms with Crippen molar-refractivity contribution in [1.82, 2.24) is 10.6 Å². The Bertz CT molecular complexity index is 374. The van der Waals surface area contributed by atoms with Crippen LogP contribution in [-0.4, -0.2) is 19.0 Å². The van der Waals surface area contributed by atoms with Gasteiger partial charge in [0.05, 0.1) is 6.54 Å². The molecule has 0 atom stereocenters. The van der Waals surface area contributed by atoms with Crippen LogP contribution in [0, 0.1) is 13.8 Å². The first-order valence-electron chi connectivity index (χ1n) is 6.17. The Morgan fingerprint density at radius 1 is 1.29 bits per heavy atom. The predicted octanol–water partition coefficient (Wildman–Crippen LogP) is 1.92. The van der Waals surface area contributed by atoms with Crippen molar-refractivity contribution in [2.45, 2.75) is 33.7 Å². The van der Waals surface area contributed by atoms with Gasteiger partial charge in [-0.1, -0.05) is 25.1 Å². The number of hydrogen-bond acceptors (Lipinski definition) is 2. The Labute approximate surface area is 104 Å². The summed E-state index contributed by atoms with van der Waals surface area (Å²) in [4.78, 5) is 11.4. The van der Waals surface area contributed by atoms with Gasteiger partial charge in [0.1, 0.15) is 0 Å². The zero-order chi connectivity index (χ0) is 12.7. The van der Waals surface area contributed by atoms with Crippen molar-refractivity contribution in [3.8, 4) is 0 Å². The molecule has 0 radical (unpaired) electrons. The molecule has 0 heterocycles. The summed E-state index contributed by atoms with van der Waals surface area (Å²) in [7, 11) is 0. The van der Waals surface area contributed by atoms with Crippen LogP contribution in [0.15, 0.2) is 18.2 Å². The summed E-state index contributed by atoms with van der Waals surface area (Å²) in [5.74, 6) is 0.0668. The van der Waals surface area contributed by atoms with Crippen molar-refractivity contribution in [2.75, 3.05) is 13.1 Å². The third kappa shape index (κ3) is 4.57. The second-order valence-electron chi connectivity index (χ2n) is 4.31. The fraction of sp³-hybridized carbons (Fsp3) is 0.500. The van der Waals surface area contributed by atoms with E-state index in [0.29, 0.717) is 6.54 Å². The maximum Gasteiger partial charge on any atom is 0.233 e. The fourth-order valence-corrected chi connectivity index (χ4v) is 1.64. The van der Waals surface area contributed by atoms with Gasteiger partial charge in [0, 0.05) is 13.1 Å². The number of aryl methyl sites for hydroxylation is 1. The zero-order valence-electron chi connectivity index (χ0n) is 11.0. The van der Waals surface area contributed by atoms with E-state index in [1.807, 2.05) is 6.92 Å². The molecule has 0 aliphatic heterocycles. The lowest BCUT2D eigenvalue weighted by molar-refractivity contribution is -0.120. The van der Waals surface area contributed by atoms with Gasteiger partial charge in [0.25, 0.3) is 0 Å². The predicted molar refractivity (Wildman–Crippen MR) is 70.9 cm³/mol. The quantitative estimate of drug-likeness (QED) is 0.789. The molecule has 1 aromatic carbocycles. The Morgan fingerprint density at radius 2 is 2.06 bits per heavy atom. The summed E-state index contributed by atoms with van der Waals surface area (Å²) in [6, 6.07) is 6.25. The maximum atomic E-state index is 11.4. The number of benzene rings is 1. The van der Waals surface area contributed by atoms with Gasteiger partial charge in [0.15, 0.2) is 0 Å². The summed E-state index contributed by atoms with van der Waals surface area (Å²) >= 11 is 0. The number of carbonyl (C=O) groups is 1. The summed E-state index contributed by atoms with van der Waals surface area (Å²) in [6.45, 7) is 8.14. The van der Waals surface area contributed by atoms with E-state index in [4.69, 9.17) is 0 Å². The van der Waals surface area contributed by atoms with Crippen LogP contribution in [-0.2, 0) is 11.3 Å². The average molecular weight is 234 g/mol. The van der Waals surface area contributed by atoms with E-state index in [1.165, 1.54) is 16.7 Å². The summed E-state index contributed by atoms with van der Waals surface area (Å²) in [5.41, 5.74) is 3.85. The Morgan fingerprint density at radius 3 is 2.76 bits per heavy atom. The molecule has 0 aliphatic rings. The summed E-state index contributed by atoms with van der Waals surface area (Å²) in [5, 5.41) is 6.01. The number of amides is 1. The molecule has 1 rings (SSSR count). The van der Waals surface area contributed by atoms with Gasteiger partial charge >= 0.3 is 0 Å². The van der Waals surface area contributed by atoms with E-state index < -0.39 is 0 Å². The number of nitrogens with one attached hydrogen (secondary N) is 2. The Balaban J connectivity index is 2.36. The van der Waals surface area contributed by atoms with E-state index in [9.17, 15) is 4.79 Å².